The van der Waals surface area contributed by atoms with Gasteiger partial charge in [-0.1, -0.05) is 0 Å². The maximum atomic E-state index is 12.0. The molecule has 0 bridgehead atoms. The smallest absolute Gasteiger partial charge is 0.318 e. The Kier molecular flexibility index (Phi) is 5.14. The van der Waals surface area contributed by atoms with E-state index in [0.29, 0.717) is 19.4 Å². The highest BCUT2D eigenvalue weighted by molar-refractivity contribution is 5.86. The molecule has 3 amide bonds. The van der Waals surface area contributed by atoms with Crippen molar-refractivity contribution in [2.75, 3.05) is 27.2 Å². The van der Waals surface area contributed by atoms with Crippen molar-refractivity contribution in [2.45, 2.75) is 25.8 Å². The van der Waals surface area contributed by atoms with E-state index in [1.54, 1.807) is 21.0 Å². The molecule has 7 heteroatoms. The first kappa shape index (κ1) is 15.3. The van der Waals surface area contributed by atoms with Crippen LogP contribution in [0.5, 0.6) is 0 Å². The lowest BCUT2D eigenvalue weighted by molar-refractivity contribution is -0.143. The Balaban J connectivity index is 2.53. The number of aliphatic carboxylic acids is 1. The fourth-order valence-electron chi connectivity index (χ4n) is 2.09. The Bertz CT molecular complexity index is 370. The predicted molar refractivity (Wildman–Crippen MR) is 68.6 cm³/mol. The summed E-state index contributed by atoms with van der Waals surface area (Å²) >= 11 is 0. The number of urea groups is 1. The zero-order valence-electron chi connectivity index (χ0n) is 11.5. The molecule has 0 aromatic carbocycles. The molecule has 1 aliphatic heterocycles. The van der Waals surface area contributed by atoms with Crippen LogP contribution >= 0.6 is 0 Å². The molecule has 19 heavy (non-hydrogen) atoms. The first-order valence-corrected chi connectivity index (χ1v) is 6.32. The second-order valence-corrected chi connectivity index (χ2v) is 5.03. The van der Waals surface area contributed by atoms with Gasteiger partial charge in [-0.15, -0.1) is 0 Å². The molecule has 0 saturated carbocycles. The number of likely N-dealkylation sites (N-methyl/N-ethyl adjacent to an activating group) is 1. The number of amides is 3. The number of piperidine rings is 1. The third-order valence-corrected chi connectivity index (χ3v) is 3.21. The van der Waals surface area contributed by atoms with Crippen LogP contribution in [-0.2, 0) is 9.59 Å². The van der Waals surface area contributed by atoms with Crippen molar-refractivity contribution < 1.29 is 19.5 Å². The molecule has 1 rings (SSSR count). The molecule has 1 fully saturated rings. The fourth-order valence-corrected chi connectivity index (χ4v) is 2.09. The molecule has 108 valence electrons. The largest absolute Gasteiger partial charge is 0.481 e. The van der Waals surface area contributed by atoms with Crippen molar-refractivity contribution in [1.82, 2.24) is 15.1 Å². The Morgan fingerprint density at radius 3 is 2.53 bits per heavy atom. The third kappa shape index (κ3) is 4.11. The highest BCUT2D eigenvalue weighted by Crippen LogP contribution is 2.16. The van der Waals surface area contributed by atoms with Crippen LogP contribution in [0.3, 0.4) is 0 Å². The van der Waals surface area contributed by atoms with Gasteiger partial charge in [0.25, 0.3) is 0 Å². The van der Waals surface area contributed by atoms with E-state index in [2.05, 4.69) is 5.32 Å². The van der Waals surface area contributed by atoms with Crippen molar-refractivity contribution in [3.8, 4) is 0 Å². The van der Waals surface area contributed by atoms with Crippen LogP contribution in [0, 0.1) is 5.92 Å². The predicted octanol–water partition coefficient (Wildman–Crippen LogP) is -0.0307. The number of carboxylic acid groups (broad SMARTS) is 1. The summed E-state index contributed by atoms with van der Waals surface area (Å²) < 4.78 is 0. The molecule has 1 heterocycles. The molecule has 1 saturated heterocycles. The van der Waals surface area contributed by atoms with Crippen molar-refractivity contribution in [3.63, 3.8) is 0 Å². The number of carboxylic acids is 1. The van der Waals surface area contributed by atoms with Gasteiger partial charge in [-0.05, 0) is 19.8 Å². The summed E-state index contributed by atoms with van der Waals surface area (Å²) in [7, 11) is 3.23. The Labute approximate surface area is 112 Å². The van der Waals surface area contributed by atoms with Gasteiger partial charge in [0.1, 0.15) is 6.04 Å². The Hall–Kier alpha value is -1.79. The first-order valence-electron chi connectivity index (χ1n) is 6.32. The molecule has 2 atom stereocenters. The molecule has 0 aromatic rings. The molecule has 0 aromatic heterocycles. The minimum atomic E-state index is -0.880. The highest BCUT2D eigenvalue weighted by Gasteiger charge is 2.29. The second-order valence-electron chi connectivity index (χ2n) is 5.03. The number of rotatable bonds is 3. The summed E-state index contributed by atoms with van der Waals surface area (Å²) in [6, 6.07) is -0.999. The van der Waals surface area contributed by atoms with E-state index in [4.69, 9.17) is 5.11 Å². The average Bonchev–Trinajstić information content (AvgIpc) is 2.37. The van der Waals surface area contributed by atoms with Crippen LogP contribution in [0.2, 0.25) is 0 Å². The van der Waals surface area contributed by atoms with Gasteiger partial charge in [0.2, 0.25) is 5.91 Å². The summed E-state index contributed by atoms with van der Waals surface area (Å²) in [5, 5.41) is 11.6. The van der Waals surface area contributed by atoms with Gasteiger partial charge in [0, 0.05) is 27.2 Å². The lowest BCUT2D eigenvalue weighted by Gasteiger charge is -2.31. The average molecular weight is 271 g/mol. The van der Waals surface area contributed by atoms with Gasteiger partial charge in [0.15, 0.2) is 0 Å². The van der Waals surface area contributed by atoms with Crippen LogP contribution < -0.4 is 5.32 Å². The van der Waals surface area contributed by atoms with Gasteiger partial charge < -0.3 is 20.2 Å². The van der Waals surface area contributed by atoms with Crippen LogP contribution in [0.1, 0.15) is 19.8 Å². The van der Waals surface area contributed by atoms with E-state index in [1.807, 2.05) is 0 Å². The number of carbonyl (C=O) groups is 3. The molecular weight excluding hydrogens is 250 g/mol. The molecule has 2 N–H and O–H groups in total. The summed E-state index contributed by atoms with van der Waals surface area (Å²) in [5.41, 5.74) is 0. The number of carbonyl (C=O) groups excluding carboxylic acids is 2. The number of likely N-dealkylation sites (tertiary alicyclic amines) is 1. The molecular formula is C12H21N3O4. The fraction of sp³-hybridized carbons (Fsp3) is 0.750. The van der Waals surface area contributed by atoms with Crippen molar-refractivity contribution in [2.24, 2.45) is 5.92 Å². The first-order chi connectivity index (χ1) is 8.82. The van der Waals surface area contributed by atoms with Crippen LogP contribution in [0.25, 0.3) is 0 Å². The van der Waals surface area contributed by atoms with Crippen LogP contribution in [0.4, 0.5) is 4.79 Å². The number of hydrogen-bond acceptors (Lipinski definition) is 3. The highest BCUT2D eigenvalue weighted by atomic mass is 16.4. The zero-order valence-corrected chi connectivity index (χ0v) is 11.5. The number of hydrogen-bond donors (Lipinski definition) is 2. The van der Waals surface area contributed by atoms with E-state index in [0.717, 1.165) is 0 Å². The minimum absolute atomic E-state index is 0.194. The normalized spacial score (nSPS) is 20.6. The van der Waals surface area contributed by atoms with Gasteiger partial charge in [-0.25, -0.2) is 4.79 Å². The van der Waals surface area contributed by atoms with E-state index >= 15 is 0 Å². The summed E-state index contributed by atoms with van der Waals surface area (Å²) in [6.07, 6.45) is 1.26. The zero-order chi connectivity index (χ0) is 14.6. The molecule has 0 aliphatic carbocycles. The molecule has 1 aliphatic rings. The van der Waals surface area contributed by atoms with Gasteiger partial charge in [-0.2, -0.15) is 0 Å². The van der Waals surface area contributed by atoms with Crippen molar-refractivity contribution in [1.29, 1.82) is 0 Å². The lowest BCUT2D eigenvalue weighted by Crippen LogP contribution is -2.52. The topological polar surface area (TPSA) is 90.0 Å². The molecule has 7 nitrogen and oxygen atoms in total. The SMILES string of the molecule is CC(NC(=O)N1CCCC(C(=O)O)C1)C(=O)N(C)C. The Morgan fingerprint density at radius 1 is 1.37 bits per heavy atom. The quantitative estimate of drug-likeness (QED) is 0.754. The number of nitrogens with zero attached hydrogens (tertiary/aromatic N) is 2. The van der Waals surface area contributed by atoms with E-state index in [1.165, 1.54) is 9.80 Å². The Morgan fingerprint density at radius 2 is 2.00 bits per heavy atom. The van der Waals surface area contributed by atoms with E-state index < -0.39 is 17.9 Å². The van der Waals surface area contributed by atoms with E-state index in [9.17, 15) is 14.4 Å². The third-order valence-electron chi connectivity index (χ3n) is 3.21. The van der Waals surface area contributed by atoms with Gasteiger partial charge in [-0.3, -0.25) is 9.59 Å². The summed E-state index contributed by atoms with van der Waals surface area (Å²) in [6.45, 7) is 2.33. The van der Waals surface area contributed by atoms with E-state index in [-0.39, 0.29) is 18.5 Å². The standard InChI is InChI=1S/C12H21N3O4/c1-8(10(16)14(2)3)13-12(19)15-6-4-5-9(7-15)11(17)18/h8-9H,4-7H2,1-3H3,(H,13,19)(H,17,18). The minimum Gasteiger partial charge on any atom is -0.481 e. The summed E-state index contributed by atoms with van der Waals surface area (Å²) in [4.78, 5) is 37.4. The maximum absolute atomic E-state index is 12.0. The molecule has 2 unspecified atom stereocenters. The number of nitrogens with one attached hydrogen (secondary N) is 1. The second kappa shape index (κ2) is 6.40. The van der Waals surface area contributed by atoms with Gasteiger partial charge >= 0.3 is 12.0 Å². The van der Waals surface area contributed by atoms with Crippen molar-refractivity contribution in [3.05, 3.63) is 0 Å². The maximum Gasteiger partial charge on any atom is 0.318 e. The van der Waals surface area contributed by atoms with Crippen molar-refractivity contribution >= 4 is 17.9 Å². The van der Waals surface area contributed by atoms with Crippen LogP contribution in [-0.4, -0.2) is 66.0 Å². The van der Waals surface area contributed by atoms with Gasteiger partial charge in [0.05, 0.1) is 5.92 Å². The lowest BCUT2D eigenvalue weighted by atomic mass is 9.99. The molecule has 0 spiro atoms. The van der Waals surface area contributed by atoms with Crippen LogP contribution in [0.15, 0.2) is 0 Å². The summed E-state index contributed by atoms with van der Waals surface area (Å²) in [5.74, 6) is -1.59. The monoisotopic (exact) mass is 271 g/mol. The molecule has 0 radical (unpaired) electrons.